The molecule has 2 aliphatic heterocycles. The van der Waals surface area contributed by atoms with E-state index in [1.807, 2.05) is 6.92 Å². The molecule has 2 unspecified atom stereocenters. The normalized spacial score (nSPS) is 26.1. The van der Waals surface area contributed by atoms with Gasteiger partial charge in [-0.1, -0.05) is 24.3 Å². The van der Waals surface area contributed by atoms with E-state index in [4.69, 9.17) is 4.74 Å². The van der Waals surface area contributed by atoms with Crippen LogP contribution in [0, 0.1) is 5.92 Å². The maximum atomic E-state index is 12.2. The molecule has 0 radical (unpaired) electrons. The molecule has 1 aromatic heterocycles. The van der Waals surface area contributed by atoms with Gasteiger partial charge in [-0.3, -0.25) is 9.69 Å². The van der Waals surface area contributed by atoms with Gasteiger partial charge in [0.05, 0.1) is 19.1 Å². The summed E-state index contributed by atoms with van der Waals surface area (Å²) in [5, 5.41) is 1.33. The number of piperidine rings is 1. The van der Waals surface area contributed by atoms with Crippen LogP contribution in [0.25, 0.3) is 10.9 Å². The summed E-state index contributed by atoms with van der Waals surface area (Å²) >= 11 is 0. The smallest absolute Gasteiger partial charge is 0.312 e. The van der Waals surface area contributed by atoms with Gasteiger partial charge in [0.2, 0.25) is 0 Å². The van der Waals surface area contributed by atoms with Crippen LogP contribution < -0.4 is 0 Å². The fourth-order valence-electron chi connectivity index (χ4n) is 4.23. The van der Waals surface area contributed by atoms with Crippen molar-refractivity contribution in [2.75, 3.05) is 20.2 Å². The summed E-state index contributed by atoms with van der Waals surface area (Å²) < 4.78 is 5.04. The van der Waals surface area contributed by atoms with E-state index in [0.717, 1.165) is 25.9 Å². The Morgan fingerprint density at radius 3 is 3.00 bits per heavy atom. The quantitative estimate of drug-likeness (QED) is 0.650. The SMILES string of the molecule is C/C=C1\CN2CCc3c([nH]c4ccccc34)C2CC1C(=O)OC. The average molecular weight is 310 g/mol. The zero-order valence-electron chi connectivity index (χ0n) is 13.6. The minimum absolute atomic E-state index is 0.110. The molecule has 1 saturated heterocycles. The number of carbonyl (C=O) groups excluding carboxylic acids is 1. The monoisotopic (exact) mass is 310 g/mol. The number of aromatic nitrogens is 1. The number of carbonyl (C=O) groups is 1. The second kappa shape index (κ2) is 5.53. The van der Waals surface area contributed by atoms with E-state index in [1.165, 1.54) is 34.8 Å². The molecule has 4 nitrogen and oxygen atoms in total. The van der Waals surface area contributed by atoms with Crippen LogP contribution in [-0.2, 0) is 16.0 Å². The second-order valence-electron chi connectivity index (χ2n) is 6.47. The summed E-state index contributed by atoms with van der Waals surface area (Å²) in [5.41, 5.74) is 5.11. The fourth-order valence-corrected chi connectivity index (χ4v) is 4.23. The molecule has 3 heterocycles. The molecule has 4 heteroatoms. The van der Waals surface area contributed by atoms with Crippen molar-refractivity contribution in [3.05, 3.63) is 47.2 Å². The van der Waals surface area contributed by atoms with Crippen molar-refractivity contribution in [1.29, 1.82) is 0 Å². The van der Waals surface area contributed by atoms with Gasteiger partial charge in [0.25, 0.3) is 0 Å². The van der Waals surface area contributed by atoms with Crippen molar-refractivity contribution in [2.24, 2.45) is 5.92 Å². The van der Waals surface area contributed by atoms with Crippen LogP contribution in [0.5, 0.6) is 0 Å². The Labute approximate surface area is 136 Å². The minimum Gasteiger partial charge on any atom is -0.469 e. The standard InChI is InChI=1S/C19H22N2O2/c1-3-12-11-21-9-8-14-13-6-4-5-7-16(13)20-18(14)17(21)10-15(12)19(22)23-2/h3-7,15,17,20H,8-11H2,1-2H3/b12-3+. The van der Waals surface area contributed by atoms with Crippen molar-refractivity contribution >= 4 is 16.9 Å². The number of para-hydroxylation sites is 1. The van der Waals surface area contributed by atoms with Gasteiger partial charge in [-0.05, 0) is 37.0 Å². The first-order chi connectivity index (χ1) is 11.2. The molecule has 23 heavy (non-hydrogen) atoms. The number of esters is 1. The average Bonchev–Trinajstić information content (AvgIpc) is 2.98. The molecule has 1 aromatic carbocycles. The first kappa shape index (κ1) is 14.5. The number of H-pyrrole nitrogens is 1. The Balaban J connectivity index is 1.76. The molecule has 0 amide bonds. The van der Waals surface area contributed by atoms with E-state index in [-0.39, 0.29) is 17.9 Å². The van der Waals surface area contributed by atoms with Crippen LogP contribution in [0.4, 0.5) is 0 Å². The summed E-state index contributed by atoms with van der Waals surface area (Å²) in [6, 6.07) is 8.77. The van der Waals surface area contributed by atoms with E-state index in [1.54, 1.807) is 0 Å². The highest BCUT2D eigenvalue weighted by molar-refractivity contribution is 5.85. The molecule has 1 fully saturated rings. The molecule has 2 aliphatic rings. The van der Waals surface area contributed by atoms with Crippen LogP contribution in [0.2, 0.25) is 0 Å². The molecule has 0 saturated carbocycles. The van der Waals surface area contributed by atoms with Gasteiger partial charge >= 0.3 is 5.97 Å². The maximum Gasteiger partial charge on any atom is 0.312 e. The highest BCUT2D eigenvalue weighted by Crippen LogP contribution is 2.42. The highest BCUT2D eigenvalue weighted by atomic mass is 16.5. The lowest BCUT2D eigenvalue weighted by Crippen LogP contribution is -2.44. The molecule has 0 aliphatic carbocycles. The van der Waals surface area contributed by atoms with E-state index < -0.39 is 0 Å². The molecule has 120 valence electrons. The van der Waals surface area contributed by atoms with Gasteiger partial charge in [0, 0.05) is 29.7 Å². The lowest BCUT2D eigenvalue weighted by Gasteiger charge is -2.42. The Morgan fingerprint density at radius 2 is 2.22 bits per heavy atom. The second-order valence-corrected chi connectivity index (χ2v) is 6.47. The number of methoxy groups -OCH3 is 1. The van der Waals surface area contributed by atoms with Crippen LogP contribution >= 0.6 is 0 Å². The molecule has 2 atom stereocenters. The van der Waals surface area contributed by atoms with E-state index in [2.05, 4.69) is 40.2 Å². The third-order valence-electron chi connectivity index (χ3n) is 5.42. The lowest BCUT2D eigenvalue weighted by molar-refractivity contribution is -0.145. The molecule has 4 rings (SSSR count). The summed E-state index contributed by atoms with van der Waals surface area (Å²) in [5.74, 6) is -0.232. The predicted octanol–water partition coefficient (Wildman–Crippen LogP) is 3.21. The maximum absolute atomic E-state index is 12.2. The van der Waals surface area contributed by atoms with E-state index >= 15 is 0 Å². The lowest BCUT2D eigenvalue weighted by atomic mass is 9.82. The Morgan fingerprint density at radius 1 is 1.39 bits per heavy atom. The van der Waals surface area contributed by atoms with Gasteiger partial charge in [0.1, 0.15) is 0 Å². The van der Waals surface area contributed by atoms with E-state index in [9.17, 15) is 4.79 Å². The number of hydrogen-bond acceptors (Lipinski definition) is 3. The minimum atomic E-state index is -0.122. The van der Waals surface area contributed by atoms with Crippen molar-refractivity contribution in [1.82, 2.24) is 9.88 Å². The third kappa shape index (κ3) is 2.20. The number of aromatic amines is 1. The number of hydrogen-bond donors (Lipinski definition) is 1. The molecule has 1 N–H and O–H groups in total. The molecular formula is C19H22N2O2. The third-order valence-corrected chi connectivity index (χ3v) is 5.42. The van der Waals surface area contributed by atoms with Gasteiger partial charge in [0.15, 0.2) is 0 Å². The number of allylic oxidation sites excluding steroid dienone is 1. The predicted molar refractivity (Wildman–Crippen MR) is 90.2 cm³/mol. The number of nitrogens with zero attached hydrogens (tertiary/aromatic N) is 1. The Kier molecular flexibility index (Phi) is 3.49. The van der Waals surface area contributed by atoms with Gasteiger partial charge in [-0.2, -0.15) is 0 Å². The summed E-state index contributed by atoms with van der Waals surface area (Å²) in [7, 11) is 1.48. The van der Waals surface area contributed by atoms with Crippen LogP contribution in [0.1, 0.15) is 30.6 Å². The first-order valence-corrected chi connectivity index (χ1v) is 8.29. The molecule has 0 spiro atoms. The number of rotatable bonds is 1. The fraction of sp³-hybridized carbons (Fsp3) is 0.421. The van der Waals surface area contributed by atoms with Crippen LogP contribution in [0.3, 0.4) is 0 Å². The zero-order chi connectivity index (χ0) is 16.0. The summed E-state index contributed by atoms with van der Waals surface area (Å²) in [4.78, 5) is 18.3. The topological polar surface area (TPSA) is 45.3 Å². The van der Waals surface area contributed by atoms with Crippen molar-refractivity contribution in [2.45, 2.75) is 25.8 Å². The van der Waals surface area contributed by atoms with Crippen molar-refractivity contribution in [3.8, 4) is 0 Å². The molecule has 0 bridgehead atoms. The number of ether oxygens (including phenoxy) is 1. The largest absolute Gasteiger partial charge is 0.469 e. The summed E-state index contributed by atoms with van der Waals surface area (Å²) in [6.45, 7) is 3.92. The number of nitrogens with one attached hydrogen (secondary N) is 1. The van der Waals surface area contributed by atoms with Crippen LogP contribution in [-0.4, -0.2) is 36.1 Å². The van der Waals surface area contributed by atoms with Gasteiger partial charge < -0.3 is 9.72 Å². The number of benzene rings is 1. The number of fused-ring (bicyclic) bond motifs is 5. The first-order valence-electron chi connectivity index (χ1n) is 8.29. The summed E-state index contributed by atoms with van der Waals surface area (Å²) in [6.07, 6.45) is 3.94. The van der Waals surface area contributed by atoms with Crippen molar-refractivity contribution < 1.29 is 9.53 Å². The molecule has 2 aromatic rings. The Hall–Kier alpha value is -2.07. The van der Waals surface area contributed by atoms with Crippen LogP contribution in [0.15, 0.2) is 35.9 Å². The molecular weight excluding hydrogens is 288 g/mol. The van der Waals surface area contributed by atoms with Crippen molar-refractivity contribution in [3.63, 3.8) is 0 Å². The van der Waals surface area contributed by atoms with Gasteiger partial charge in [-0.15, -0.1) is 0 Å². The van der Waals surface area contributed by atoms with E-state index in [0.29, 0.717) is 0 Å². The zero-order valence-corrected chi connectivity index (χ0v) is 13.6. The highest BCUT2D eigenvalue weighted by Gasteiger charge is 2.40. The Bertz CT molecular complexity index is 790. The van der Waals surface area contributed by atoms with Gasteiger partial charge in [-0.25, -0.2) is 0 Å².